The van der Waals surface area contributed by atoms with E-state index in [1.807, 2.05) is 4.90 Å². The Morgan fingerprint density at radius 2 is 1.80 bits per heavy atom. The number of amides is 2. The molecule has 1 aromatic carbocycles. The Bertz CT molecular complexity index is 671. The minimum absolute atomic E-state index is 0.0390. The summed E-state index contributed by atoms with van der Waals surface area (Å²) in [6, 6.07) is 4.80. The molecular formula is C18H22N2O5. The molecule has 1 atom stereocenters. The summed E-state index contributed by atoms with van der Waals surface area (Å²) in [7, 11) is 0. The van der Waals surface area contributed by atoms with Gasteiger partial charge in [0, 0.05) is 25.2 Å². The molecule has 3 aliphatic heterocycles. The summed E-state index contributed by atoms with van der Waals surface area (Å²) in [6.45, 7) is 3.11. The third kappa shape index (κ3) is 3.16. The Morgan fingerprint density at radius 3 is 2.64 bits per heavy atom. The Kier molecular flexibility index (Phi) is 4.48. The maximum atomic E-state index is 13.0. The molecule has 3 heterocycles. The second-order valence-corrected chi connectivity index (χ2v) is 6.52. The molecule has 0 spiro atoms. The van der Waals surface area contributed by atoms with Gasteiger partial charge in [0.05, 0.1) is 13.2 Å². The number of morpholine rings is 1. The van der Waals surface area contributed by atoms with Gasteiger partial charge in [0.2, 0.25) is 12.7 Å². The molecule has 2 fully saturated rings. The van der Waals surface area contributed by atoms with Crippen molar-refractivity contribution in [3.05, 3.63) is 23.8 Å². The van der Waals surface area contributed by atoms with Gasteiger partial charge in [-0.05, 0) is 37.5 Å². The van der Waals surface area contributed by atoms with E-state index in [0.717, 1.165) is 12.8 Å². The van der Waals surface area contributed by atoms with Crippen LogP contribution in [0.5, 0.6) is 11.5 Å². The summed E-state index contributed by atoms with van der Waals surface area (Å²) in [5.41, 5.74) is 0.533. The molecule has 7 nitrogen and oxygen atoms in total. The van der Waals surface area contributed by atoms with E-state index >= 15 is 0 Å². The lowest BCUT2D eigenvalue weighted by atomic mass is 9.99. The Labute approximate surface area is 146 Å². The van der Waals surface area contributed by atoms with E-state index in [4.69, 9.17) is 14.2 Å². The van der Waals surface area contributed by atoms with Crippen molar-refractivity contribution in [3.63, 3.8) is 0 Å². The molecule has 1 unspecified atom stereocenters. The SMILES string of the molecule is O=C(C1CCCCN1C(=O)c1ccc2c(c1)OCO2)N1CCOCC1. The Hall–Kier alpha value is -2.28. The monoisotopic (exact) mass is 346 g/mol. The van der Waals surface area contributed by atoms with Crippen LogP contribution in [0.1, 0.15) is 29.6 Å². The fourth-order valence-corrected chi connectivity index (χ4v) is 3.62. The van der Waals surface area contributed by atoms with E-state index in [1.165, 1.54) is 0 Å². The van der Waals surface area contributed by atoms with Crippen molar-refractivity contribution in [1.29, 1.82) is 0 Å². The van der Waals surface area contributed by atoms with Gasteiger partial charge in [-0.3, -0.25) is 9.59 Å². The van der Waals surface area contributed by atoms with Gasteiger partial charge in [0.1, 0.15) is 6.04 Å². The third-order valence-corrected chi connectivity index (χ3v) is 4.99. The van der Waals surface area contributed by atoms with Gasteiger partial charge < -0.3 is 24.0 Å². The largest absolute Gasteiger partial charge is 0.454 e. The van der Waals surface area contributed by atoms with Crippen LogP contribution >= 0.6 is 0 Å². The van der Waals surface area contributed by atoms with Crippen LogP contribution in [0.3, 0.4) is 0 Å². The first-order valence-corrected chi connectivity index (χ1v) is 8.81. The number of likely N-dealkylation sites (tertiary alicyclic amines) is 1. The topological polar surface area (TPSA) is 68.3 Å². The number of piperidine rings is 1. The van der Waals surface area contributed by atoms with Crippen molar-refractivity contribution in [3.8, 4) is 11.5 Å². The zero-order valence-electron chi connectivity index (χ0n) is 14.1. The highest BCUT2D eigenvalue weighted by atomic mass is 16.7. The molecular weight excluding hydrogens is 324 g/mol. The quantitative estimate of drug-likeness (QED) is 0.807. The van der Waals surface area contributed by atoms with Crippen molar-refractivity contribution < 1.29 is 23.8 Å². The van der Waals surface area contributed by atoms with Crippen LogP contribution in [0.2, 0.25) is 0 Å². The highest BCUT2D eigenvalue weighted by Crippen LogP contribution is 2.33. The molecule has 0 saturated carbocycles. The van der Waals surface area contributed by atoms with Crippen molar-refractivity contribution in [1.82, 2.24) is 9.80 Å². The van der Waals surface area contributed by atoms with Crippen LogP contribution in [0.4, 0.5) is 0 Å². The molecule has 2 amide bonds. The molecule has 0 aliphatic carbocycles. The van der Waals surface area contributed by atoms with Crippen LogP contribution < -0.4 is 9.47 Å². The number of fused-ring (bicyclic) bond motifs is 1. The number of ether oxygens (including phenoxy) is 3. The first-order valence-electron chi connectivity index (χ1n) is 8.81. The van der Waals surface area contributed by atoms with Gasteiger partial charge in [-0.25, -0.2) is 0 Å². The molecule has 7 heteroatoms. The Morgan fingerprint density at radius 1 is 1.00 bits per heavy atom. The number of nitrogens with zero attached hydrogens (tertiary/aromatic N) is 2. The number of carbonyl (C=O) groups excluding carboxylic acids is 2. The van der Waals surface area contributed by atoms with E-state index in [0.29, 0.717) is 56.3 Å². The lowest BCUT2D eigenvalue weighted by Gasteiger charge is -2.38. The number of hydrogen-bond acceptors (Lipinski definition) is 5. The van der Waals surface area contributed by atoms with Gasteiger partial charge in [-0.1, -0.05) is 0 Å². The molecule has 0 bridgehead atoms. The summed E-state index contributed by atoms with van der Waals surface area (Å²) < 4.78 is 16.0. The van der Waals surface area contributed by atoms with Crippen LogP contribution in [-0.2, 0) is 9.53 Å². The minimum Gasteiger partial charge on any atom is -0.454 e. The number of carbonyl (C=O) groups is 2. The predicted octanol–water partition coefficient (Wildman–Crippen LogP) is 1.27. The highest BCUT2D eigenvalue weighted by Gasteiger charge is 2.36. The van der Waals surface area contributed by atoms with Crippen LogP contribution in [-0.4, -0.2) is 67.3 Å². The van der Waals surface area contributed by atoms with Crippen molar-refractivity contribution >= 4 is 11.8 Å². The summed E-state index contributed by atoms with van der Waals surface area (Å²) in [4.78, 5) is 29.5. The summed E-state index contributed by atoms with van der Waals surface area (Å²) in [6.07, 6.45) is 2.60. The van der Waals surface area contributed by atoms with E-state index in [9.17, 15) is 9.59 Å². The number of benzene rings is 1. The first kappa shape index (κ1) is 16.2. The average molecular weight is 346 g/mol. The molecule has 0 radical (unpaired) electrons. The van der Waals surface area contributed by atoms with Crippen molar-refractivity contribution in [2.75, 3.05) is 39.6 Å². The average Bonchev–Trinajstić information content (AvgIpc) is 3.15. The summed E-state index contributed by atoms with van der Waals surface area (Å²) >= 11 is 0. The fourth-order valence-electron chi connectivity index (χ4n) is 3.62. The third-order valence-electron chi connectivity index (χ3n) is 4.99. The second kappa shape index (κ2) is 6.92. The maximum absolute atomic E-state index is 13.0. The van der Waals surface area contributed by atoms with Crippen molar-refractivity contribution in [2.24, 2.45) is 0 Å². The zero-order valence-corrected chi connectivity index (χ0v) is 14.1. The van der Waals surface area contributed by atoms with Crippen LogP contribution in [0, 0.1) is 0 Å². The predicted molar refractivity (Wildman–Crippen MR) is 88.6 cm³/mol. The van der Waals surface area contributed by atoms with Crippen molar-refractivity contribution in [2.45, 2.75) is 25.3 Å². The number of rotatable bonds is 2. The van der Waals surface area contributed by atoms with Gasteiger partial charge in [0.15, 0.2) is 11.5 Å². The standard InChI is InChI=1S/C18H22N2O5/c21-17(13-4-5-15-16(11-13)25-12-24-15)20-6-2-1-3-14(20)18(22)19-7-9-23-10-8-19/h4-5,11,14H,1-3,6-10,12H2. The highest BCUT2D eigenvalue weighted by molar-refractivity contribution is 5.98. The zero-order chi connectivity index (χ0) is 17.2. The Balaban J connectivity index is 1.53. The normalized spacial score (nSPS) is 22.8. The number of hydrogen-bond donors (Lipinski definition) is 0. The molecule has 134 valence electrons. The van der Waals surface area contributed by atoms with E-state index in [-0.39, 0.29) is 24.6 Å². The molecule has 1 aromatic rings. The summed E-state index contributed by atoms with van der Waals surface area (Å²) in [5, 5.41) is 0. The molecule has 3 aliphatic rings. The molecule has 2 saturated heterocycles. The van der Waals surface area contributed by atoms with Gasteiger partial charge in [-0.15, -0.1) is 0 Å². The van der Waals surface area contributed by atoms with E-state index in [1.54, 1.807) is 23.1 Å². The second-order valence-electron chi connectivity index (χ2n) is 6.52. The van der Waals surface area contributed by atoms with Gasteiger partial charge in [-0.2, -0.15) is 0 Å². The first-order chi connectivity index (χ1) is 12.2. The lowest BCUT2D eigenvalue weighted by Crippen LogP contribution is -2.55. The van der Waals surface area contributed by atoms with Crippen LogP contribution in [0.25, 0.3) is 0 Å². The molecule has 25 heavy (non-hydrogen) atoms. The fraction of sp³-hybridized carbons (Fsp3) is 0.556. The van der Waals surface area contributed by atoms with Gasteiger partial charge >= 0.3 is 0 Å². The molecule has 4 rings (SSSR count). The smallest absolute Gasteiger partial charge is 0.254 e. The van der Waals surface area contributed by atoms with E-state index < -0.39 is 0 Å². The van der Waals surface area contributed by atoms with Gasteiger partial charge in [0.25, 0.3) is 5.91 Å². The minimum atomic E-state index is -0.384. The maximum Gasteiger partial charge on any atom is 0.254 e. The molecule has 0 N–H and O–H groups in total. The van der Waals surface area contributed by atoms with E-state index in [2.05, 4.69) is 0 Å². The molecule has 0 aromatic heterocycles. The summed E-state index contributed by atoms with van der Waals surface area (Å²) in [5.74, 6) is 1.15. The lowest BCUT2D eigenvalue weighted by molar-refractivity contribution is -0.141. The van der Waals surface area contributed by atoms with Crippen LogP contribution in [0.15, 0.2) is 18.2 Å².